The first-order chi connectivity index (χ1) is 8.90. The fourth-order valence-electron chi connectivity index (χ4n) is 1.40. The summed E-state index contributed by atoms with van der Waals surface area (Å²) in [5.41, 5.74) is 0. The number of esters is 1. The first-order valence-electron chi connectivity index (χ1n) is 6.14. The lowest BCUT2D eigenvalue weighted by Gasteiger charge is -2.18. The van der Waals surface area contributed by atoms with Crippen LogP contribution < -0.4 is 5.32 Å². The van der Waals surface area contributed by atoms with Crippen LogP contribution in [0.5, 0.6) is 0 Å². The maximum absolute atomic E-state index is 11.6. The van der Waals surface area contributed by atoms with Gasteiger partial charge < -0.3 is 20.3 Å². The van der Waals surface area contributed by atoms with E-state index in [1.54, 1.807) is 0 Å². The van der Waals surface area contributed by atoms with Gasteiger partial charge in [0.1, 0.15) is 6.04 Å². The van der Waals surface area contributed by atoms with E-state index in [1.165, 1.54) is 18.9 Å². The first kappa shape index (κ1) is 18.2. The third kappa shape index (κ3) is 8.85. The predicted octanol–water partition coefficient (Wildman–Crippen LogP) is -0.223. The Morgan fingerprint density at radius 3 is 2.47 bits per heavy atom. The molecule has 0 rings (SSSR count). The molecule has 0 saturated heterocycles. The Balaban J connectivity index is 4.12. The van der Waals surface area contributed by atoms with Crippen molar-refractivity contribution in [2.45, 2.75) is 32.4 Å². The van der Waals surface area contributed by atoms with Crippen LogP contribution in [0, 0.1) is 5.92 Å². The van der Waals surface area contributed by atoms with E-state index in [4.69, 9.17) is 10.2 Å². The molecule has 0 spiro atoms. The van der Waals surface area contributed by atoms with Gasteiger partial charge in [-0.1, -0.05) is 13.8 Å². The highest BCUT2D eigenvalue weighted by Crippen LogP contribution is 2.08. The van der Waals surface area contributed by atoms with Crippen molar-refractivity contribution in [1.82, 2.24) is 5.32 Å². The van der Waals surface area contributed by atoms with E-state index in [1.807, 2.05) is 13.8 Å². The second kappa shape index (κ2) is 10.1. The molecule has 19 heavy (non-hydrogen) atoms. The van der Waals surface area contributed by atoms with Gasteiger partial charge in [-0.2, -0.15) is 0 Å². The van der Waals surface area contributed by atoms with E-state index in [-0.39, 0.29) is 29.9 Å². The van der Waals surface area contributed by atoms with E-state index in [9.17, 15) is 9.59 Å². The Kier molecular flexibility index (Phi) is 9.63. The molecule has 0 aliphatic carbocycles. The summed E-state index contributed by atoms with van der Waals surface area (Å²) in [5.74, 6) is -0.0819. The van der Waals surface area contributed by atoms with Crippen molar-refractivity contribution in [3.05, 3.63) is 0 Å². The summed E-state index contributed by atoms with van der Waals surface area (Å²) in [6.45, 7) is 3.58. The molecule has 0 saturated carbocycles. The largest absolute Gasteiger partial charge is 0.467 e. The van der Waals surface area contributed by atoms with Crippen LogP contribution in [-0.2, 0) is 14.3 Å². The van der Waals surface area contributed by atoms with Crippen LogP contribution in [0.4, 0.5) is 0 Å². The number of amides is 1. The van der Waals surface area contributed by atoms with Crippen LogP contribution >= 0.6 is 11.8 Å². The van der Waals surface area contributed by atoms with E-state index >= 15 is 0 Å². The topological polar surface area (TPSA) is 95.9 Å². The maximum Gasteiger partial charge on any atom is 0.328 e. The van der Waals surface area contributed by atoms with Gasteiger partial charge in [0.15, 0.2) is 0 Å². The van der Waals surface area contributed by atoms with Crippen LogP contribution in [-0.4, -0.2) is 59.5 Å². The molecule has 0 aliphatic rings. The van der Waals surface area contributed by atoms with Crippen molar-refractivity contribution in [2.24, 2.45) is 5.92 Å². The van der Waals surface area contributed by atoms with Crippen molar-refractivity contribution >= 4 is 23.6 Å². The van der Waals surface area contributed by atoms with Gasteiger partial charge in [0.25, 0.3) is 0 Å². The van der Waals surface area contributed by atoms with Gasteiger partial charge in [-0.3, -0.25) is 4.79 Å². The van der Waals surface area contributed by atoms with Gasteiger partial charge >= 0.3 is 5.97 Å². The molecule has 0 bridgehead atoms. The Labute approximate surface area is 117 Å². The van der Waals surface area contributed by atoms with Crippen molar-refractivity contribution in [1.29, 1.82) is 0 Å². The van der Waals surface area contributed by atoms with Gasteiger partial charge in [0, 0.05) is 5.75 Å². The molecule has 0 aromatic rings. The summed E-state index contributed by atoms with van der Waals surface area (Å²) in [4.78, 5) is 23.1. The van der Waals surface area contributed by atoms with Gasteiger partial charge in [0.05, 0.1) is 25.6 Å². The zero-order chi connectivity index (χ0) is 14.8. The number of hydrogen-bond donors (Lipinski definition) is 3. The highest BCUT2D eigenvalue weighted by atomic mass is 32.2. The smallest absolute Gasteiger partial charge is 0.328 e. The van der Waals surface area contributed by atoms with E-state index < -0.39 is 18.1 Å². The van der Waals surface area contributed by atoms with Crippen LogP contribution in [0.15, 0.2) is 0 Å². The van der Waals surface area contributed by atoms with Crippen molar-refractivity contribution in [3.8, 4) is 0 Å². The molecule has 0 heterocycles. The third-order valence-corrected chi connectivity index (χ3v) is 3.37. The highest BCUT2D eigenvalue weighted by molar-refractivity contribution is 7.99. The molecule has 112 valence electrons. The Morgan fingerprint density at radius 2 is 2.00 bits per heavy atom. The van der Waals surface area contributed by atoms with Crippen LogP contribution in [0.1, 0.15) is 20.3 Å². The number of aliphatic hydroxyl groups is 2. The molecular formula is C12H23NO5S. The Hall–Kier alpha value is -0.790. The van der Waals surface area contributed by atoms with Gasteiger partial charge in [-0.15, -0.1) is 11.8 Å². The number of aliphatic hydroxyl groups excluding tert-OH is 2. The zero-order valence-corrected chi connectivity index (χ0v) is 12.4. The van der Waals surface area contributed by atoms with Crippen LogP contribution in [0.25, 0.3) is 0 Å². The molecule has 3 N–H and O–H groups in total. The second-order valence-electron chi connectivity index (χ2n) is 4.62. The normalized spacial score (nSPS) is 14.0. The number of ether oxygens (including phenoxy) is 1. The molecule has 0 aliphatic heterocycles. The lowest BCUT2D eigenvalue weighted by molar-refractivity contribution is -0.145. The summed E-state index contributed by atoms with van der Waals surface area (Å²) in [6.07, 6.45) is -0.313. The maximum atomic E-state index is 11.6. The summed E-state index contributed by atoms with van der Waals surface area (Å²) in [5, 5.41) is 20.4. The lowest BCUT2D eigenvalue weighted by atomic mass is 10.0. The average Bonchev–Trinajstić information content (AvgIpc) is 2.36. The molecule has 0 aromatic carbocycles. The highest BCUT2D eigenvalue weighted by Gasteiger charge is 2.22. The lowest BCUT2D eigenvalue weighted by Crippen LogP contribution is -2.43. The first-order valence-corrected chi connectivity index (χ1v) is 7.30. The van der Waals surface area contributed by atoms with E-state index in [2.05, 4.69) is 10.1 Å². The molecule has 2 atom stereocenters. The van der Waals surface area contributed by atoms with Crippen LogP contribution in [0.3, 0.4) is 0 Å². The number of rotatable bonds is 9. The molecule has 7 heteroatoms. The monoisotopic (exact) mass is 293 g/mol. The van der Waals surface area contributed by atoms with Gasteiger partial charge in [-0.25, -0.2) is 4.79 Å². The van der Waals surface area contributed by atoms with Gasteiger partial charge in [0.2, 0.25) is 5.91 Å². The number of nitrogens with one attached hydrogen (secondary N) is 1. The number of methoxy groups -OCH3 is 1. The number of hydrogen-bond acceptors (Lipinski definition) is 6. The number of carbonyl (C=O) groups excluding carboxylic acids is 2. The second-order valence-corrected chi connectivity index (χ2v) is 5.65. The minimum atomic E-state index is -0.829. The molecule has 1 amide bonds. The standard InChI is InChI=1S/C12H23NO5S/c1-8(2)4-10(12(17)18-3)13-11(16)7-19-6-9(15)5-14/h8-10,14-15H,4-7H2,1-3H3,(H,13,16). The minimum absolute atomic E-state index is 0.128. The number of carbonyl (C=O) groups is 2. The van der Waals surface area contributed by atoms with E-state index in [0.29, 0.717) is 6.42 Å². The summed E-state index contributed by atoms with van der Waals surface area (Å²) < 4.78 is 4.64. The quantitative estimate of drug-likeness (QED) is 0.509. The fourth-order valence-corrected chi connectivity index (χ4v) is 2.17. The molecule has 0 fully saturated rings. The van der Waals surface area contributed by atoms with Crippen molar-refractivity contribution in [3.63, 3.8) is 0 Å². The Bertz CT molecular complexity index is 285. The molecule has 2 unspecified atom stereocenters. The molecule has 0 aromatic heterocycles. The summed E-state index contributed by atoms with van der Waals surface area (Å²) >= 11 is 1.20. The molecule has 6 nitrogen and oxygen atoms in total. The summed E-state index contributed by atoms with van der Waals surface area (Å²) in [6, 6.07) is -0.638. The zero-order valence-electron chi connectivity index (χ0n) is 11.6. The molecule has 0 radical (unpaired) electrons. The Morgan fingerprint density at radius 1 is 1.37 bits per heavy atom. The average molecular weight is 293 g/mol. The fraction of sp³-hybridized carbons (Fsp3) is 0.833. The minimum Gasteiger partial charge on any atom is -0.467 e. The van der Waals surface area contributed by atoms with Crippen LogP contribution in [0.2, 0.25) is 0 Å². The number of thioether (sulfide) groups is 1. The predicted molar refractivity (Wildman–Crippen MR) is 73.8 cm³/mol. The molecular weight excluding hydrogens is 270 g/mol. The third-order valence-electron chi connectivity index (χ3n) is 2.28. The SMILES string of the molecule is COC(=O)C(CC(C)C)NC(=O)CSCC(O)CO. The van der Waals surface area contributed by atoms with Gasteiger partial charge in [-0.05, 0) is 12.3 Å². The van der Waals surface area contributed by atoms with Crippen molar-refractivity contribution in [2.75, 3.05) is 25.2 Å². The summed E-state index contributed by atoms with van der Waals surface area (Å²) in [7, 11) is 1.29. The van der Waals surface area contributed by atoms with Crippen molar-refractivity contribution < 1.29 is 24.5 Å². The van der Waals surface area contributed by atoms with E-state index in [0.717, 1.165) is 0 Å².